The maximum absolute atomic E-state index is 12.7. The van der Waals surface area contributed by atoms with Crippen molar-refractivity contribution in [2.45, 2.75) is 20.4 Å². The van der Waals surface area contributed by atoms with Gasteiger partial charge in [0.1, 0.15) is 5.75 Å². The Morgan fingerprint density at radius 3 is 2.57 bits per heavy atom. The number of pyridine rings is 1. The van der Waals surface area contributed by atoms with Crippen LogP contribution in [0.4, 0.5) is 0 Å². The van der Waals surface area contributed by atoms with Gasteiger partial charge in [-0.2, -0.15) is 0 Å². The predicted octanol–water partition coefficient (Wildman–Crippen LogP) is 3.74. The molecule has 0 N–H and O–H groups in total. The molecule has 0 radical (unpaired) electrons. The van der Waals surface area contributed by atoms with Gasteiger partial charge in [-0.05, 0) is 29.7 Å². The lowest BCUT2D eigenvalue weighted by atomic mass is 10.1. The van der Waals surface area contributed by atoms with E-state index in [1.54, 1.807) is 25.6 Å². The third-order valence-electron chi connectivity index (χ3n) is 3.85. The number of hydrogen-bond acceptors (Lipinski definition) is 3. The minimum atomic E-state index is 0.0325. The molecule has 0 aliphatic carbocycles. The quantitative estimate of drug-likeness (QED) is 0.864. The molecular formula is C19H20N2O2. The zero-order chi connectivity index (χ0) is 16.4. The lowest BCUT2D eigenvalue weighted by Crippen LogP contribution is -2.22. The normalized spacial score (nSPS) is 15.4. The minimum Gasteiger partial charge on any atom is -0.497 e. The standard InChI is InChI=1S/C19H20N2O2/c1-13(2)10-18-17-11-20-9-8-16(17)19(22)21(18)12-14-4-6-15(23-3)7-5-14/h4-11,13H,12H2,1-3H3/b18-10+. The number of fused-ring (bicyclic) bond motifs is 1. The predicted molar refractivity (Wildman–Crippen MR) is 89.9 cm³/mol. The van der Waals surface area contributed by atoms with Gasteiger partial charge in [-0.3, -0.25) is 9.78 Å². The molecule has 0 unspecified atom stereocenters. The highest BCUT2D eigenvalue weighted by molar-refractivity contribution is 6.08. The van der Waals surface area contributed by atoms with Gasteiger partial charge in [0.05, 0.1) is 24.9 Å². The highest BCUT2D eigenvalue weighted by atomic mass is 16.5. The monoisotopic (exact) mass is 308 g/mol. The fourth-order valence-electron chi connectivity index (χ4n) is 2.75. The first kappa shape index (κ1) is 15.3. The molecule has 0 saturated heterocycles. The van der Waals surface area contributed by atoms with E-state index in [1.807, 2.05) is 29.2 Å². The molecule has 0 spiro atoms. The summed E-state index contributed by atoms with van der Waals surface area (Å²) < 4.78 is 5.18. The second-order valence-corrected chi connectivity index (χ2v) is 5.96. The summed E-state index contributed by atoms with van der Waals surface area (Å²) in [5.41, 5.74) is 3.65. The lowest BCUT2D eigenvalue weighted by Gasteiger charge is -2.19. The molecule has 1 aliphatic heterocycles. The minimum absolute atomic E-state index is 0.0325. The summed E-state index contributed by atoms with van der Waals surface area (Å²) in [6.07, 6.45) is 5.56. The second kappa shape index (κ2) is 6.24. The number of carbonyl (C=O) groups excluding carboxylic acids is 1. The number of carbonyl (C=O) groups is 1. The van der Waals surface area contributed by atoms with Crippen LogP contribution in [0.1, 0.15) is 35.3 Å². The summed E-state index contributed by atoms with van der Waals surface area (Å²) in [4.78, 5) is 18.8. The van der Waals surface area contributed by atoms with Gasteiger partial charge in [0.25, 0.3) is 5.91 Å². The number of nitrogens with zero attached hydrogens (tertiary/aromatic N) is 2. The molecule has 0 atom stereocenters. The van der Waals surface area contributed by atoms with Gasteiger partial charge in [0.15, 0.2) is 0 Å². The average molecular weight is 308 g/mol. The van der Waals surface area contributed by atoms with E-state index < -0.39 is 0 Å². The lowest BCUT2D eigenvalue weighted by molar-refractivity contribution is 0.0842. The number of aromatic nitrogens is 1. The summed E-state index contributed by atoms with van der Waals surface area (Å²) in [5, 5.41) is 0. The van der Waals surface area contributed by atoms with Gasteiger partial charge in [-0.25, -0.2) is 0 Å². The zero-order valence-corrected chi connectivity index (χ0v) is 13.6. The van der Waals surface area contributed by atoms with Crippen molar-refractivity contribution in [1.29, 1.82) is 0 Å². The van der Waals surface area contributed by atoms with E-state index in [1.165, 1.54) is 0 Å². The Hall–Kier alpha value is -2.62. The molecule has 1 aromatic heterocycles. The molecule has 1 amide bonds. The van der Waals surface area contributed by atoms with Crippen molar-refractivity contribution in [3.63, 3.8) is 0 Å². The fourth-order valence-corrected chi connectivity index (χ4v) is 2.75. The van der Waals surface area contributed by atoms with Crippen molar-refractivity contribution in [2.24, 2.45) is 5.92 Å². The molecule has 2 aromatic rings. The van der Waals surface area contributed by atoms with E-state index in [0.29, 0.717) is 12.5 Å². The molecule has 0 bridgehead atoms. The molecule has 1 aromatic carbocycles. The third-order valence-corrected chi connectivity index (χ3v) is 3.85. The Balaban J connectivity index is 1.95. The molecule has 2 heterocycles. The summed E-state index contributed by atoms with van der Waals surface area (Å²) in [7, 11) is 1.64. The number of allylic oxidation sites excluding steroid dienone is 1. The summed E-state index contributed by atoms with van der Waals surface area (Å²) >= 11 is 0. The van der Waals surface area contributed by atoms with Gasteiger partial charge >= 0.3 is 0 Å². The first-order valence-electron chi connectivity index (χ1n) is 7.71. The van der Waals surface area contributed by atoms with Crippen molar-refractivity contribution in [2.75, 3.05) is 7.11 Å². The molecule has 4 nitrogen and oxygen atoms in total. The van der Waals surface area contributed by atoms with Crippen LogP contribution in [-0.4, -0.2) is 22.9 Å². The summed E-state index contributed by atoms with van der Waals surface area (Å²) in [5.74, 6) is 1.19. The van der Waals surface area contributed by atoms with Crippen LogP contribution in [0.15, 0.2) is 48.8 Å². The first-order valence-corrected chi connectivity index (χ1v) is 7.71. The molecule has 23 heavy (non-hydrogen) atoms. The largest absolute Gasteiger partial charge is 0.497 e. The van der Waals surface area contributed by atoms with Crippen LogP contribution in [-0.2, 0) is 6.54 Å². The van der Waals surface area contributed by atoms with Crippen LogP contribution in [0.5, 0.6) is 5.75 Å². The van der Waals surface area contributed by atoms with Gasteiger partial charge in [0, 0.05) is 18.0 Å². The Morgan fingerprint density at radius 1 is 1.17 bits per heavy atom. The molecule has 0 saturated carbocycles. The summed E-state index contributed by atoms with van der Waals surface area (Å²) in [6, 6.07) is 9.59. The summed E-state index contributed by atoms with van der Waals surface area (Å²) in [6.45, 7) is 4.75. The first-order chi connectivity index (χ1) is 11.1. The molecule has 3 rings (SSSR count). The van der Waals surface area contributed by atoms with E-state index in [2.05, 4.69) is 24.9 Å². The SMILES string of the molecule is COc1ccc(CN2C(=O)c3ccncc3/C2=C\C(C)C)cc1. The van der Waals surface area contributed by atoms with E-state index in [0.717, 1.165) is 28.1 Å². The van der Waals surface area contributed by atoms with E-state index in [-0.39, 0.29) is 5.91 Å². The average Bonchev–Trinajstić information content (AvgIpc) is 2.81. The van der Waals surface area contributed by atoms with Crippen LogP contribution in [0.3, 0.4) is 0 Å². The van der Waals surface area contributed by atoms with Crippen LogP contribution >= 0.6 is 0 Å². The van der Waals surface area contributed by atoms with E-state index in [9.17, 15) is 4.79 Å². The Kier molecular flexibility index (Phi) is 4.15. The number of rotatable bonds is 4. The van der Waals surface area contributed by atoms with Crippen molar-refractivity contribution >= 4 is 11.6 Å². The molecule has 4 heteroatoms. The van der Waals surface area contributed by atoms with Crippen molar-refractivity contribution < 1.29 is 9.53 Å². The molecule has 0 fully saturated rings. The molecule has 118 valence electrons. The number of ether oxygens (including phenoxy) is 1. The smallest absolute Gasteiger partial charge is 0.259 e. The van der Waals surface area contributed by atoms with Crippen LogP contribution in [0.25, 0.3) is 5.70 Å². The fraction of sp³-hybridized carbons (Fsp3) is 0.263. The zero-order valence-electron chi connectivity index (χ0n) is 13.6. The van der Waals surface area contributed by atoms with Crippen molar-refractivity contribution in [3.8, 4) is 5.75 Å². The number of benzene rings is 1. The highest BCUT2D eigenvalue weighted by Crippen LogP contribution is 2.34. The van der Waals surface area contributed by atoms with Gasteiger partial charge in [-0.1, -0.05) is 32.1 Å². The Morgan fingerprint density at radius 2 is 1.91 bits per heavy atom. The Labute approximate surface area is 136 Å². The molecular weight excluding hydrogens is 288 g/mol. The van der Waals surface area contributed by atoms with Gasteiger partial charge in [0.2, 0.25) is 0 Å². The van der Waals surface area contributed by atoms with Gasteiger partial charge < -0.3 is 9.64 Å². The van der Waals surface area contributed by atoms with Gasteiger partial charge in [-0.15, -0.1) is 0 Å². The van der Waals surface area contributed by atoms with E-state index in [4.69, 9.17) is 4.74 Å². The van der Waals surface area contributed by atoms with Crippen molar-refractivity contribution in [1.82, 2.24) is 9.88 Å². The molecule has 1 aliphatic rings. The van der Waals surface area contributed by atoms with Crippen LogP contribution in [0.2, 0.25) is 0 Å². The maximum Gasteiger partial charge on any atom is 0.259 e. The maximum atomic E-state index is 12.7. The van der Waals surface area contributed by atoms with Crippen LogP contribution in [0, 0.1) is 5.92 Å². The third kappa shape index (κ3) is 2.97. The van der Waals surface area contributed by atoms with Crippen molar-refractivity contribution in [3.05, 3.63) is 65.5 Å². The number of amides is 1. The second-order valence-electron chi connectivity index (χ2n) is 5.96. The van der Waals surface area contributed by atoms with Crippen LogP contribution < -0.4 is 4.74 Å². The number of methoxy groups -OCH3 is 1. The highest BCUT2D eigenvalue weighted by Gasteiger charge is 2.32. The Bertz CT molecular complexity index is 748. The van der Waals surface area contributed by atoms with E-state index >= 15 is 0 Å². The number of hydrogen-bond donors (Lipinski definition) is 0. The topological polar surface area (TPSA) is 42.4 Å².